The van der Waals surface area contributed by atoms with Crippen molar-refractivity contribution in [3.63, 3.8) is 0 Å². The Hall–Kier alpha value is -2.69. The smallest absolute Gasteiger partial charge is 0.256 e. The predicted octanol–water partition coefficient (Wildman–Crippen LogP) is 4.60. The van der Waals surface area contributed by atoms with Gasteiger partial charge in [0.2, 0.25) is 0 Å². The van der Waals surface area contributed by atoms with Crippen LogP contribution in [-0.4, -0.2) is 25.1 Å². The van der Waals surface area contributed by atoms with E-state index in [4.69, 9.17) is 9.47 Å². The third kappa shape index (κ3) is 3.01. The van der Waals surface area contributed by atoms with Crippen molar-refractivity contribution in [3.8, 4) is 11.5 Å². The first-order valence-corrected chi connectivity index (χ1v) is 9.53. The van der Waals surface area contributed by atoms with Crippen molar-refractivity contribution in [2.24, 2.45) is 5.92 Å². The van der Waals surface area contributed by atoms with E-state index in [1.54, 1.807) is 20.3 Å². The molecule has 2 aliphatic rings. The minimum absolute atomic E-state index is 0.103. The number of benzene rings is 1. The topological polar surface area (TPSA) is 63.4 Å². The molecule has 0 saturated carbocycles. The fraction of sp³-hybridized carbons (Fsp3) is 0.409. The maximum absolute atomic E-state index is 12.6. The summed E-state index contributed by atoms with van der Waals surface area (Å²) in [5.74, 6) is 2.32. The lowest BCUT2D eigenvalue weighted by Gasteiger charge is -2.25. The second-order valence-corrected chi connectivity index (χ2v) is 7.67. The molecule has 142 valence electrons. The SMILES string of the molecule is COc1cc2c(cc1OC)C(=Cc1cc3c([nH]1)CCCC3C(C)C)C(=O)N2. The summed E-state index contributed by atoms with van der Waals surface area (Å²) in [4.78, 5) is 16.1. The average Bonchev–Trinajstić information content (AvgIpc) is 3.20. The van der Waals surface area contributed by atoms with Crippen molar-refractivity contribution in [1.29, 1.82) is 0 Å². The third-order valence-corrected chi connectivity index (χ3v) is 5.71. The van der Waals surface area contributed by atoms with Gasteiger partial charge in [-0.3, -0.25) is 4.79 Å². The van der Waals surface area contributed by atoms with Gasteiger partial charge in [-0.2, -0.15) is 0 Å². The highest BCUT2D eigenvalue weighted by Crippen LogP contribution is 2.42. The van der Waals surface area contributed by atoms with Crippen LogP contribution in [0.2, 0.25) is 0 Å². The zero-order valence-electron chi connectivity index (χ0n) is 16.3. The van der Waals surface area contributed by atoms with Crippen molar-refractivity contribution < 1.29 is 14.3 Å². The van der Waals surface area contributed by atoms with E-state index in [-0.39, 0.29) is 5.91 Å². The molecule has 1 aliphatic carbocycles. The molecule has 1 amide bonds. The number of aromatic amines is 1. The first kappa shape index (κ1) is 17.7. The monoisotopic (exact) mass is 366 g/mol. The van der Waals surface area contributed by atoms with Crippen molar-refractivity contribution in [2.45, 2.75) is 39.0 Å². The van der Waals surface area contributed by atoms with Gasteiger partial charge < -0.3 is 19.8 Å². The normalized spacial score (nSPS) is 19.8. The Bertz CT molecular complexity index is 924. The minimum Gasteiger partial charge on any atom is -0.493 e. The van der Waals surface area contributed by atoms with Crippen LogP contribution in [0.5, 0.6) is 11.5 Å². The van der Waals surface area contributed by atoms with E-state index in [1.165, 1.54) is 24.1 Å². The largest absolute Gasteiger partial charge is 0.493 e. The van der Waals surface area contributed by atoms with Gasteiger partial charge in [0, 0.05) is 23.0 Å². The molecular weight excluding hydrogens is 340 g/mol. The van der Waals surface area contributed by atoms with Gasteiger partial charge in [0.05, 0.1) is 25.5 Å². The van der Waals surface area contributed by atoms with Crippen LogP contribution in [0.15, 0.2) is 18.2 Å². The number of methoxy groups -OCH3 is 2. The van der Waals surface area contributed by atoms with Crippen LogP contribution in [0.3, 0.4) is 0 Å². The van der Waals surface area contributed by atoms with Gasteiger partial charge in [-0.05, 0) is 54.9 Å². The number of carbonyl (C=O) groups is 1. The summed E-state index contributed by atoms with van der Waals surface area (Å²) >= 11 is 0. The van der Waals surface area contributed by atoms with E-state index < -0.39 is 0 Å². The van der Waals surface area contributed by atoms with E-state index in [0.717, 1.165) is 23.4 Å². The first-order valence-electron chi connectivity index (χ1n) is 9.53. The Morgan fingerprint density at radius 1 is 1.15 bits per heavy atom. The van der Waals surface area contributed by atoms with Gasteiger partial charge >= 0.3 is 0 Å². The predicted molar refractivity (Wildman–Crippen MR) is 107 cm³/mol. The van der Waals surface area contributed by atoms with Gasteiger partial charge in [0.1, 0.15) is 0 Å². The number of anilines is 1. The molecule has 4 rings (SSSR count). The molecule has 1 atom stereocenters. The van der Waals surface area contributed by atoms with E-state index in [1.807, 2.05) is 12.1 Å². The van der Waals surface area contributed by atoms with E-state index in [9.17, 15) is 4.79 Å². The summed E-state index contributed by atoms with van der Waals surface area (Å²) in [6, 6.07) is 5.89. The number of carbonyl (C=O) groups excluding carboxylic acids is 1. The molecule has 5 heteroatoms. The molecular formula is C22H26N2O3. The molecule has 2 heterocycles. The Morgan fingerprint density at radius 2 is 1.89 bits per heavy atom. The number of rotatable bonds is 4. The second-order valence-electron chi connectivity index (χ2n) is 7.67. The van der Waals surface area contributed by atoms with E-state index >= 15 is 0 Å². The molecule has 5 nitrogen and oxygen atoms in total. The maximum atomic E-state index is 12.6. The molecule has 0 fully saturated rings. The Labute approximate surface area is 159 Å². The highest BCUT2D eigenvalue weighted by atomic mass is 16.5. The maximum Gasteiger partial charge on any atom is 0.256 e. The molecule has 1 unspecified atom stereocenters. The van der Waals surface area contributed by atoms with Gasteiger partial charge in [-0.1, -0.05) is 13.8 Å². The zero-order valence-corrected chi connectivity index (χ0v) is 16.3. The fourth-order valence-corrected chi connectivity index (χ4v) is 4.32. The van der Waals surface area contributed by atoms with Crippen LogP contribution < -0.4 is 14.8 Å². The van der Waals surface area contributed by atoms with Crippen LogP contribution in [0, 0.1) is 5.92 Å². The Kier molecular flexibility index (Phi) is 4.46. The van der Waals surface area contributed by atoms with Crippen molar-refractivity contribution in [2.75, 3.05) is 19.5 Å². The first-order chi connectivity index (χ1) is 13.0. The van der Waals surface area contributed by atoms with Crippen molar-refractivity contribution in [1.82, 2.24) is 4.98 Å². The zero-order chi connectivity index (χ0) is 19.1. The summed E-state index contributed by atoms with van der Waals surface area (Å²) in [5.41, 5.74) is 5.95. The lowest BCUT2D eigenvalue weighted by atomic mass is 9.80. The van der Waals surface area contributed by atoms with Crippen LogP contribution in [0.25, 0.3) is 11.6 Å². The number of amides is 1. The fourth-order valence-electron chi connectivity index (χ4n) is 4.32. The number of hydrogen-bond donors (Lipinski definition) is 2. The summed E-state index contributed by atoms with van der Waals surface area (Å²) in [6.45, 7) is 4.57. The third-order valence-electron chi connectivity index (χ3n) is 5.71. The summed E-state index contributed by atoms with van der Waals surface area (Å²) in [6.07, 6.45) is 5.48. The standard InChI is InChI=1S/C22H26N2O3/c1-12(2)14-6-5-7-18-15(14)8-13(23-18)9-17-16-10-20(26-3)21(27-4)11-19(16)24-22(17)25/h8-12,14,23H,5-7H2,1-4H3,(H,24,25). The van der Waals surface area contributed by atoms with Crippen molar-refractivity contribution >= 4 is 23.2 Å². The molecule has 0 spiro atoms. The Morgan fingerprint density at radius 3 is 2.59 bits per heavy atom. The second kappa shape index (κ2) is 6.80. The van der Waals surface area contributed by atoms with Gasteiger partial charge in [-0.15, -0.1) is 0 Å². The van der Waals surface area contributed by atoms with E-state index in [2.05, 4.69) is 30.2 Å². The van der Waals surface area contributed by atoms with Crippen LogP contribution in [0.1, 0.15) is 55.1 Å². The van der Waals surface area contributed by atoms with E-state index in [0.29, 0.717) is 28.9 Å². The van der Waals surface area contributed by atoms with Crippen LogP contribution >= 0.6 is 0 Å². The molecule has 0 radical (unpaired) electrons. The quantitative estimate of drug-likeness (QED) is 0.777. The minimum atomic E-state index is -0.103. The van der Waals surface area contributed by atoms with Gasteiger partial charge in [0.25, 0.3) is 5.91 Å². The molecule has 1 aromatic heterocycles. The number of fused-ring (bicyclic) bond motifs is 2. The highest BCUT2D eigenvalue weighted by molar-refractivity contribution is 6.35. The van der Waals surface area contributed by atoms with Gasteiger partial charge in [0.15, 0.2) is 11.5 Å². The highest BCUT2D eigenvalue weighted by Gasteiger charge is 2.28. The molecule has 27 heavy (non-hydrogen) atoms. The lowest BCUT2D eigenvalue weighted by Crippen LogP contribution is -2.13. The Balaban J connectivity index is 1.75. The molecule has 1 aromatic carbocycles. The lowest BCUT2D eigenvalue weighted by molar-refractivity contribution is -0.110. The number of aromatic nitrogens is 1. The van der Waals surface area contributed by atoms with Gasteiger partial charge in [-0.25, -0.2) is 0 Å². The molecule has 0 bridgehead atoms. The van der Waals surface area contributed by atoms with Crippen LogP contribution in [-0.2, 0) is 11.2 Å². The molecule has 2 aromatic rings. The number of nitrogens with one attached hydrogen (secondary N) is 2. The molecule has 0 saturated heterocycles. The van der Waals surface area contributed by atoms with Crippen molar-refractivity contribution in [3.05, 3.63) is 40.7 Å². The van der Waals surface area contributed by atoms with Crippen LogP contribution in [0.4, 0.5) is 5.69 Å². The average molecular weight is 366 g/mol. The number of hydrogen-bond acceptors (Lipinski definition) is 3. The summed E-state index contributed by atoms with van der Waals surface area (Å²) in [5, 5.41) is 2.93. The number of H-pyrrole nitrogens is 1. The molecule has 1 aliphatic heterocycles. The number of ether oxygens (including phenoxy) is 2. The molecule has 2 N–H and O–H groups in total. The summed E-state index contributed by atoms with van der Waals surface area (Å²) in [7, 11) is 3.19. The number of aryl methyl sites for hydroxylation is 1. The summed E-state index contributed by atoms with van der Waals surface area (Å²) < 4.78 is 10.7.